The maximum Gasteiger partial charge on any atom is 0.246 e. The molecular formula is C20H25N7O2. The lowest BCUT2D eigenvalue weighted by molar-refractivity contribution is -0.128. The zero-order valence-electron chi connectivity index (χ0n) is 16.3. The fourth-order valence-electron chi connectivity index (χ4n) is 3.49. The summed E-state index contributed by atoms with van der Waals surface area (Å²) in [6, 6.07) is 8.99. The summed E-state index contributed by atoms with van der Waals surface area (Å²) in [6.45, 7) is 3.22. The Morgan fingerprint density at radius 3 is 2.90 bits per heavy atom. The third-order valence-corrected chi connectivity index (χ3v) is 4.90. The van der Waals surface area contributed by atoms with E-state index in [-0.39, 0.29) is 5.92 Å². The summed E-state index contributed by atoms with van der Waals surface area (Å²) in [6.07, 6.45) is 1.20. The van der Waals surface area contributed by atoms with E-state index >= 15 is 0 Å². The van der Waals surface area contributed by atoms with Crippen molar-refractivity contribution >= 4 is 29.0 Å². The van der Waals surface area contributed by atoms with Gasteiger partial charge >= 0.3 is 0 Å². The van der Waals surface area contributed by atoms with Crippen molar-refractivity contribution in [2.24, 2.45) is 11.7 Å². The zero-order chi connectivity index (χ0) is 21.0. The molecule has 29 heavy (non-hydrogen) atoms. The van der Waals surface area contributed by atoms with Gasteiger partial charge in [-0.3, -0.25) is 4.79 Å². The van der Waals surface area contributed by atoms with E-state index in [4.69, 9.17) is 16.7 Å². The number of benzene rings is 1. The van der Waals surface area contributed by atoms with Crippen LogP contribution in [0.5, 0.6) is 0 Å². The van der Waals surface area contributed by atoms with Crippen molar-refractivity contribution in [1.29, 1.82) is 5.26 Å². The molecule has 0 aliphatic carbocycles. The first kappa shape index (κ1) is 20.4. The van der Waals surface area contributed by atoms with Crippen LogP contribution in [-0.4, -0.2) is 40.2 Å². The van der Waals surface area contributed by atoms with E-state index in [1.54, 1.807) is 18.2 Å². The van der Waals surface area contributed by atoms with Gasteiger partial charge in [-0.2, -0.15) is 10.2 Å². The number of carbonyl (C=O) groups is 1. The molecule has 2 unspecified atom stereocenters. The van der Waals surface area contributed by atoms with Crippen LogP contribution in [0.15, 0.2) is 24.3 Å². The van der Waals surface area contributed by atoms with Crippen LogP contribution in [-0.2, 0) is 11.2 Å². The minimum absolute atomic E-state index is 0.222. The molecule has 152 valence electrons. The molecule has 1 amide bonds. The van der Waals surface area contributed by atoms with Gasteiger partial charge in [0, 0.05) is 42.1 Å². The maximum absolute atomic E-state index is 11.3. The number of aromatic nitrogens is 2. The predicted molar refractivity (Wildman–Crippen MR) is 110 cm³/mol. The summed E-state index contributed by atoms with van der Waals surface area (Å²) in [5.41, 5.74) is 13.5. The van der Waals surface area contributed by atoms with Crippen LogP contribution in [0, 0.1) is 17.2 Å². The van der Waals surface area contributed by atoms with E-state index in [2.05, 4.69) is 28.3 Å². The molecule has 0 saturated carbocycles. The van der Waals surface area contributed by atoms with Crippen molar-refractivity contribution in [3.8, 4) is 6.07 Å². The summed E-state index contributed by atoms with van der Waals surface area (Å²) in [5, 5.41) is 22.2. The lowest BCUT2D eigenvalue weighted by Gasteiger charge is -2.20. The third-order valence-electron chi connectivity index (χ3n) is 4.90. The minimum Gasteiger partial charge on any atom is -0.399 e. The molecule has 6 N–H and O–H groups in total. The Hall–Kier alpha value is -3.38. The van der Waals surface area contributed by atoms with Crippen LogP contribution < -0.4 is 21.7 Å². The van der Waals surface area contributed by atoms with Gasteiger partial charge in [-0.1, -0.05) is 13.3 Å². The first-order valence-electron chi connectivity index (χ1n) is 9.57. The van der Waals surface area contributed by atoms with Gasteiger partial charge in [0.15, 0.2) is 0 Å². The summed E-state index contributed by atoms with van der Waals surface area (Å²) in [4.78, 5) is 22.5. The number of aliphatic hydroxyl groups excluding tert-OH is 1. The molecule has 1 aromatic carbocycles. The number of amides is 1. The number of anilines is 4. The monoisotopic (exact) mass is 395 g/mol. The van der Waals surface area contributed by atoms with Crippen molar-refractivity contribution in [3.63, 3.8) is 0 Å². The van der Waals surface area contributed by atoms with Crippen molar-refractivity contribution in [2.45, 2.75) is 32.3 Å². The van der Waals surface area contributed by atoms with Gasteiger partial charge in [-0.05, 0) is 31.0 Å². The van der Waals surface area contributed by atoms with Gasteiger partial charge in [-0.25, -0.2) is 4.98 Å². The standard InChI is InChI=1S/C20H25N7O2/c1-2-3-15-9-17(27-5-4-13(11-27)18(28)19(23)29)26-20(24-15)25-16-7-12(10-21)6-14(22)8-16/h6-9,13,18,28H,2-5,11,22H2,1H3,(H2,23,29)(H,24,25,26). The molecule has 1 fully saturated rings. The molecule has 0 spiro atoms. The quantitative estimate of drug-likeness (QED) is 0.511. The van der Waals surface area contributed by atoms with Gasteiger partial charge in [0.05, 0.1) is 11.6 Å². The first-order valence-corrected chi connectivity index (χ1v) is 9.57. The van der Waals surface area contributed by atoms with Gasteiger partial charge in [-0.15, -0.1) is 0 Å². The van der Waals surface area contributed by atoms with Crippen molar-refractivity contribution in [3.05, 3.63) is 35.5 Å². The molecule has 9 heteroatoms. The largest absolute Gasteiger partial charge is 0.399 e. The molecule has 0 bridgehead atoms. The highest BCUT2D eigenvalue weighted by Crippen LogP contribution is 2.27. The molecule has 2 atom stereocenters. The Bertz CT molecular complexity index is 941. The second kappa shape index (κ2) is 8.75. The van der Waals surface area contributed by atoms with Crippen LogP contribution in [0.3, 0.4) is 0 Å². The number of nitriles is 1. The van der Waals surface area contributed by atoms with Gasteiger partial charge < -0.3 is 26.8 Å². The number of rotatable bonds is 7. The van der Waals surface area contributed by atoms with E-state index < -0.39 is 12.0 Å². The highest BCUT2D eigenvalue weighted by molar-refractivity contribution is 5.79. The average Bonchev–Trinajstić information content (AvgIpc) is 3.17. The lowest BCUT2D eigenvalue weighted by atomic mass is 10.0. The Balaban J connectivity index is 1.86. The maximum atomic E-state index is 11.3. The Labute approximate surface area is 169 Å². The average molecular weight is 395 g/mol. The Morgan fingerprint density at radius 2 is 2.21 bits per heavy atom. The summed E-state index contributed by atoms with van der Waals surface area (Å²) in [7, 11) is 0. The van der Waals surface area contributed by atoms with Crippen LogP contribution in [0.25, 0.3) is 0 Å². The van der Waals surface area contributed by atoms with E-state index in [1.807, 2.05) is 11.0 Å². The smallest absolute Gasteiger partial charge is 0.246 e. The summed E-state index contributed by atoms with van der Waals surface area (Å²) >= 11 is 0. The molecular weight excluding hydrogens is 370 g/mol. The Morgan fingerprint density at radius 1 is 1.41 bits per heavy atom. The molecule has 1 aromatic heterocycles. The van der Waals surface area contributed by atoms with E-state index in [1.165, 1.54) is 0 Å². The number of aryl methyl sites for hydroxylation is 1. The number of carbonyl (C=O) groups excluding carboxylic acids is 1. The van der Waals surface area contributed by atoms with Crippen molar-refractivity contribution < 1.29 is 9.90 Å². The van der Waals surface area contributed by atoms with Crippen LogP contribution in [0.4, 0.5) is 23.1 Å². The fourth-order valence-corrected chi connectivity index (χ4v) is 3.49. The highest BCUT2D eigenvalue weighted by Gasteiger charge is 2.32. The molecule has 0 radical (unpaired) electrons. The van der Waals surface area contributed by atoms with Gasteiger partial charge in [0.1, 0.15) is 11.9 Å². The molecule has 2 heterocycles. The topological polar surface area (TPSA) is 154 Å². The van der Waals surface area contributed by atoms with Crippen molar-refractivity contribution in [1.82, 2.24) is 9.97 Å². The molecule has 1 aliphatic heterocycles. The number of nitrogen functional groups attached to an aromatic ring is 1. The number of nitrogens with one attached hydrogen (secondary N) is 1. The number of primary amides is 1. The zero-order valence-corrected chi connectivity index (χ0v) is 16.3. The normalized spacial score (nSPS) is 17.0. The second-order valence-corrected chi connectivity index (χ2v) is 7.21. The van der Waals surface area contributed by atoms with E-state index in [0.29, 0.717) is 42.4 Å². The van der Waals surface area contributed by atoms with Crippen LogP contribution >= 0.6 is 0 Å². The number of nitrogens with two attached hydrogens (primary N) is 2. The number of hydrogen-bond donors (Lipinski definition) is 4. The molecule has 9 nitrogen and oxygen atoms in total. The number of hydrogen-bond acceptors (Lipinski definition) is 8. The third kappa shape index (κ3) is 4.92. The highest BCUT2D eigenvalue weighted by atomic mass is 16.3. The molecule has 1 saturated heterocycles. The fraction of sp³-hybridized carbons (Fsp3) is 0.400. The number of nitrogens with zero attached hydrogens (tertiary/aromatic N) is 4. The SMILES string of the molecule is CCCc1cc(N2CCC(C(O)C(N)=O)C2)nc(Nc2cc(N)cc(C#N)c2)n1. The molecule has 1 aliphatic rings. The number of aliphatic hydroxyl groups is 1. The van der Waals surface area contributed by atoms with E-state index in [0.717, 1.165) is 24.4 Å². The summed E-state index contributed by atoms with van der Waals surface area (Å²) in [5.74, 6) is 0.193. The van der Waals surface area contributed by atoms with E-state index in [9.17, 15) is 9.90 Å². The lowest BCUT2D eigenvalue weighted by Crippen LogP contribution is -2.36. The molecule has 2 aromatic rings. The first-order chi connectivity index (χ1) is 13.9. The Kier molecular flexibility index (Phi) is 6.14. The molecule has 3 rings (SSSR count). The van der Waals surface area contributed by atoms with Gasteiger partial charge in [0.25, 0.3) is 0 Å². The van der Waals surface area contributed by atoms with Crippen molar-refractivity contribution in [2.75, 3.05) is 29.0 Å². The second-order valence-electron chi connectivity index (χ2n) is 7.21. The summed E-state index contributed by atoms with van der Waals surface area (Å²) < 4.78 is 0. The predicted octanol–water partition coefficient (Wildman–Crippen LogP) is 1.30. The van der Waals surface area contributed by atoms with Gasteiger partial charge in [0.2, 0.25) is 11.9 Å². The minimum atomic E-state index is -1.16. The van der Waals surface area contributed by atoms with Crippen LogP contribution in [0.1, 0.15) is 31.0 Å². The van der Waals surface area contributed by atoms with Crippen LogP contribution in [0.2, 0.25) is 0 Å².